The number of carbonyl (C=O) groups excluding carboxylic acids is 1. The lowest BCUT2D eigenvalue weighted by molar-refractivity contribution is -0.384. The molecule has 0 saturated carbocycles. The minimum absolute atomic E-state index is 0.156. The van der Waals surface area contributed by atoms with Crippen molar-refractivity contribution in [3.05, 3.63) is 34.4 Å². The number of nitro groups is 1. The van der Waals surface area contributed by atoms with Gasteiger partial charge in [0.05, 0.1) is 16.9 Å². The molecule has 0 spiro atoms. The van der Waals surface area contributed by atoms with Crippen molar-refractivity contribution in [1.82, 2.24) is 4.72 Å². The Morgan fingerprint density at radius 3 is 2.45 bits per heavy atom. The summed E-state index contributed by atoms with van der Waals surface area (Å²) in [6, 6.07) is 3.40. The fraction of sp³-hybridized carbons (Fsp3) is 0.417. The first-order valence-corrected chi connectivity index (χ1v) is 9.03. The molecule has 0 aliphatic rings. The molecule has 0 aliphatic carbocycles. The summed E-state index contributed by atoms with van der Waals surface area (Å²) in [7, 11) is -2.79. The Kier molecular flexibility index (Phi) is 6.78. The van der Waals surface area contributed by atoms with Crippen LogP contribution < -0.4 is 4.72 Å². The average Bonchev–Trinajstić information content (AvgIpc) is 2.50. The van der Waals surface area contributed by atoms with Crippen LogP contribution in [0.1, 0.15) is 6.42 Å². The molecule has 10 heteroatoms. The van der Waals surface area contributed by atoms with E-state index >= 15 is 0 Å². The molecule has 0 unspecified atom stereocenters. The second kappa shape index (κ2) is 8.11. The number of hydrogen-bond acceptors (Lipinski definition) is 7. The molecule has 1 aromatic carbocycles. The van der Waals surface area contributed by atoms with E-state index in [1.807, 2.05) is 6.26 Å². The summed E-state index contributed by atoms with van der Waals surface area (Å²) in [5.41, 5.74) is -0.217. The zero-order valence-electron chi connectivity index (χ0n) is 12.0. The Hall–Kier alpha value is -1.65. The van der Waals surface area contributed by atoms with E-state index in [0.717, 1.165) is 24.3 Å². The van der Waals surface area contributed by atoms with Crippen LogP contribution in [0.4, 0.5) is 5.69 Å². The van der Waals surface area contributed by atoms with Gasteiger partial charge in [-0.1, -0.05) is 0 Å². The highest BCUT2D eigenvalue weighted by atomic mass is 32.2. The van der Waals surface area contributed by atoms with Crippen molar-refractivity contribution >= 4 is 33.4 Å². The smallest absolute Gasteiger partial charge is 0.323 e. The number of benzene rings is 1. The van der Waals surface area contributed by atoms with Crippen LogP contribution in [-0.2, 0) is 19.6 Å². The summed E-state index contributed by atoms with van der Waals surface area (Å²) < 4.78 is 31.3. The number of nitrogens with one attached hydrogen (secondary N) is 1. The summed E-state index contributed by atoms with van der Waals surface area (Å²) in [5, 5.41) is 10.6. The number of ether oxygens (including phenoxy) is 1. The van der Waals surface area contributed by atoms with E-state index in [9.17, 15) is 23.3 Å². The molecule has 0 heterocycles. The molecule has 0 fully saturated rings. The predicted octanol–water partition coefficient (Wildman–Crippen LogP) is 1.17. The molecule has 0 amide bonds. The number of hydrogen-bond donors (Lipinski definition) is 1. The molecule has 1 N–H and O–H groups in total. The Morgan fingerprint density at radius 2 is 2.00 bits per heavy atom. The predicted molar refractivity (Wildman–Crippen MR) is 82.2 cm³/mol. The molecule has 0 radical (unpaired) electrons. The molecule has 0 aromatic heterocycles. The molecule has 1 rings (SSSR count). The monoisotopic (exact) mass is 348 g/mol. The van der Waals surface area contributed by atoms with Crippen molar-refractivity contribution in [2.75, 3.05) is 19.1 Å². The largest absolute Gasteiger partial charge is 0.468 e. The van der Waals surface area contributed by atoms with Crippen LogP contribution in [0.25, 0.3) is 0 Å². The van der Waals surface area contributed by atoms with Gasteiger partial charge in [-0.05, 0) is 30.6 Å². The molecule has 8 nitrogen and oxygen atoms in total. The maximum Gasteiger partial charge on any atom is 0.323 e. The van der Waals surface area contributed by atoms with Crippen molar-refractivity contribution in [2.45, 2.75) is 17.4 Å². The molecule has 0 saturated heterocycles. The lowest BCUT2D eigenvalue weighted by Crippen LogP contribution is -2.41. The number of carbonyl (C=O) groups is 1. The third-order valence-electron chi connectivity index (χ3n) is 2.75. The molecule has 1 atom stereocenters. The van der Waals surface area contributed by atoms with Crippen molar-refractivity contribution in [3.8, 4) is 0 Å². The van der Waals surface area contributed by atoms with Gasteiger partial charge in [-0.15, -0.1) is 0 Å². The van der Waals surface area contributed by atoms with Crippen LogP contribution in [-0.4, -0.2) is 44.5 Å². The van der Waals surface area contributed by atoms with Crippen LogP contribution in [0, 0.1) is 10.1 Å². The number of nitro benzene ring substituents is 1. The van der Waals surface area contributed by atoms with Crippen molar-refractivity contribution in [2.24, 2.45) is 0 Å². The summed E-state index contributed by atoms with van der Waals surface area (Å²) in [6.07, 6.45) is 2.11. The highest BCUT2D eigenvalue weighted by Gasteiger charge is 2.26. The van der Waals surface area contributed by atoms with Crippen LogP contribution in [0.5, 0.6) is 0 Å². The number of sulfonamides is 1. The van der Waals surface area contributed by atoms with Crippen molar-refractivity contribution < 1.29 is 22.9 Å². The molecule has 0 bridgehead atoms. The first kappa shape index (κ1) is 18.4. The number of thioether (sulfide) groups is 1. The second-order valence-electron chi connectivity index (χ2n) is 4.23. The van der Waals surface area contributed by atoms with Gasteiger partial charge in [0, 0.05) is 12.1 Å². The van der Waals surface area contributed by atoms with Gasteiger partial charge < -0.3 is 4.74 Å². The summed E-state index contributed by atoms with van der Waals surface area (Å²) in [4.78, 5) is 21.4. The van der Waals surface area contributed by atoms with Gasteiger partial charge in [-0.25, -0.2) is 8.42 Å². The molecule has 1 aromatic rings. The molecular formula is C12H16N2O6S2. The first-order chi connectivity index (χ1) is 10.3. The number of rotatable bonds is 8. The van der Waals surface area contributed by atoms with Crippen LogP contribution in [0.2, 0.25) is 0 Å². The minimum atomic E-state index is -3.97. The fourth-order valence-electron chi connectivity index (χ4n) is 1.61. The lowest BCUT2D eigenvalue weighted by atomic mass is 10.2. The average molecular weight is 348 g/mol. The Labute approximate surface area is 132 Å². The van der Waals surface area contributed by atoms with Gasteiger partial charge in [0.2, 0.25) is 10.0 Å². The number of methoxy groups -OCH3 is 1. The zero-order chi connectivity index (χ0) is 16.8. The van der Waals surface area contributed by atoms with E-state index in [0.29, 0.717) is 5.75 Å². The quantitative estimate of drug-likeness (QED) is 0.426. The second-order valence-corrected chi connectivity index (χ2v) is 6.93. The zero-order valence-corrected chi connectivity index (χ0v) is 13.6. The first-order valence-electron chi connectivity index (χ1n) is 6.15. The highest BCUT2D eigenvalue weighted by Crippen LogP contribution is 2.16. The summed E-state index contributed by atoms with van der Waals surface area (Å²) in [6.45, 7) is 0. The molecular weight excluding hydrogens is 332 g/mol. The number of non-ortho nitro benzene ring substituents is 1. The number of nitrogens with zero attached hydrogens (tertiary/aromatic N) is 1. The highest BCUT2D eigenvalue weighted by molar-refractivity contribution is 7.98. The Bertz CT molecular complexity index is 630. The fourth-order valence-corrected chi connectivity index (χ4v) is 3.30. The standard InChI is InChI=1S/C12H16N2O6S2/c1-20-12(15)11(7-8-21-2)13-22(18,19)10-5-3-9(4-6-10)14(16)17/h3-6,11,13H,7-8H2,1-2H3/t11-/m0/s1. The molecule has 122 valence electrons. The van der Waals surface area contributed by atoms with E-state index in [1.165, 1.54) is 18.9 Å². The van der Waals surface area contributed by atoms with Crippen LogP contribution in [0.3, 0.4) is 0 Å². The maximum absolute atomic E-state index is 12.2. The molecule has 22 heavy (non-hydrogen) atoms. The lowest BCUT2D eigenvalue weighted by Gasteiger charge is -2.16. The SMILES string of the molecule is COC(=O)[C@H](CCSC)NS(=O)(=O)c1ccc([N+](=O)[O-])cc1. The Morgan fingerprint density at radius 1 is 1.41 bits per heavy atom. The van der Waals surface area contributed by atoms with Gasteiger partial charge in [-0.3, -0.25) is 14.9 Å². The van der Waals surface area contributed by atoms with Crippen molar-refractivity contribution in [1.29, 1.82) is 0 Å². The van der Waals surface area contributed by atoms with Crippen LogP contribution >= 0.6 is 11.8 Å². The van der Waals surface area contributed by atoms with Gasteiger partial charge in [0.15, 0.2) is 0 Å². The maximum atomic E-state index is 12.2. The van der Waals surface area contributed by atoms with Crippen molar-refractivity contribution in [3.63, 3.8) is 0 Å². The normalized spacial score (nSPS) is 12.6. The van der Waals surface area contributed by atoms with E-state index in [1.54, 1.807) is 0 Å². The van der Waals surface area contributed by atoms with Crippen LogP contribution in [0.15, 0.2) is 29.2 Å². The minimum Gasteiger partial charge on any atom is -0.468 e. The van der Waals surface area contributed by atoms with E-state index in [2.05, 4.69) is 9.46 Å². The van der Waals surface area contributed by atoms with Gasteiger partial charge >= 0.3 is 5.97 Å². The topological polar surface area (TPSA) is 116 Å². The van der Waals surface area contributed by atoms with E-state index < -0.39 is 27.0 Å². The summed E-state index contributed by atoms with van der Waals surface area (Å²) >= 11 is 1.47. The third kappa shape index (κ3) is 4.97. The van der Waals surface area contributed by atoms with E-state index in [-0.39, 0.29) is 17.0 Å². The van der Waals surface area contributed by atoms with Gasteiger partial charge in [-0.2, -0.15) is 16.5 Å². The van der Waals surface area contributed by atoms with Gasteiger partial charge in [0.25, 0.3) is 5.69 Å². The van der Waals surface area contributed by atoms with Gasteiger partial charge in [0.1, 0.15) is 6.04 Å². The molecule has 0 aliphatic heterocycles. The number of esters is 1. The summed E-state index contributed by atoms with van der Waals surface area (Å²) in [5.74, 6) is -0.109. The third-order valence-corrected chi connectivity index (χ3v) is 4.88. The Balaban J connectivity index is 2.95. The van der Waals surface area contributed by atoms with E-state index in [4.69, 9.17) is 0 Å².